The lowest BCUT2D eigenvalue weighted by Gasteiger charge is -1.89. The maximum atomic E-state index is 4.16. The molecule has 0 aromatic heterocycles. The Labute approximate surface area is 50.1 Å². The van der Waals surface area contributed by atoms with E-state index in [9.17, 15) is 0 Å². The van der Waals surface area contributed by atoms with Gasteiger partial charge in [0.1, 0.15) is 0 Å². The fourth-order valence-electron chi connectivity index (χ4n) is 0.834. The van der Waals surface area contributed by atoms with Crippen LogP contribution in [0.2, 0.25) is 0 Å². The molecule has 1 heteroatoms. The van der Waals surface area contributed by atoms with Crippen LogP contribution in [0.5, 0.6) is 0 Å². The predicted molar refractivity (Wildman–Crippen MR) is 36.1 cm³/mol. The van der Waals surface area contributed by atoms with Gasteiger partial charge in [-0.2, -0.15) is 0 Å². The Morgan fingerprint density at radius 1 is 1.75 bits per heavy atom. The largest absolute Gasteiger partial charge is 0.266 e. The van der Waals surface area contributed by atoms with Crippen LogP contribution in [0.25, 0.3) is 0 Å². The third kappa shape index (κ3) is 1.19. The molecule has 1 nitrogen and oxygen atoms in total. The molecule has 0 amide bonds. The van der Waals surface area contributed by atoms with Crippen molar-refractivity contribution in [2.24, 2.45) is 4.99 Å². The Balaban J connectivity index is 2.34. The van der Waals surface area contributed by atoms with Crippen molar-refractivity contribution in [2.75, 3.05) is 0 Å². The average Bonchev–Trinajstić information content (AvgIpc) is 2.19. The quantitative estimate of drug-likeness (QED) is 0.515. The molecule has 0 aromatic carbocycles. The first-order chi connectivity index (χ1) is 3.93. The molecule has 0 spiro atoms. The second kappa shape index (κ2) is 2.65. The Hall–Kier alpha value is -0.590. The van der Waals surface area contributed by atoms with E-state index in [4.69, 9.17) is 0 Å². The van der Waals surface area contributed by atoms with Gasteiger partial charge in [-0.25, -0.2) is 0 Å². The molecule has 0 N–H and O–H groups in total. The highest BCUT2D eigenvalue weighted by Crippen LogP contribution is 2.10. The summed E-state index contributed by atoms with van der Waals surface area (Å²) in [5.74, 6) is 0. The van der Waals surface area contributed by atoms with Gasteiger partial charge < -0.3 is 0 Å². The molecule has 0 radical (unpaired) electrons. The van der Waals surface area contributed by atoms with Gasteiger partial charge in [0.25, 0.3) is 0 Å². The second-order valence-corrected chi connectivity index (χ2v) is 1.99. The first-order valence-corrected chi connectivity index (χ1v) is 3.15. The fourth-order valence-corrected chi connectivity index (χ4v) is 0.834. The van der Waals surface area contributed by atoms with E-state index in [2.05, 4.69) is 18.0 Å². The summed E-state index contributed by atoms with van der Waals surface area (Å²) >= 11 is 0. The van der Waals surface area contributed by atoms with Crippen molar-refractivity contribution in [3.8, 4) is 0 Å². The first-order valence-electron chi connectivity index (χ1n) is 3.15. The van der Waals surface area contributed by atoms with Crippen LogP contribution in [-0.4, -0.2) is 6.21 Å². The van der Waals surface area contributed by atoms with E-state index in [1.807, 2.05) is 6.21 Å². The van der Waals surface area contributed by atoms with Crippen molar-refractivity contribution >= 4 is 6.21 Å². The molecule has 0 fully saturated rings. The van der Waals surface area contributed by atoms with Gasteiger partial charge in [0.15, 0.2) is 0 Å². The first kappa shape index (κ1) is 5.54. The van der Waals surface area contributed by atoms with E-state index in [0.29, 0.717) is 0 Å². The summed E-state index contributed by atoms with van der Waals surface area (Å²) in [6.07, 6.45) is 7.56. The van der Waals surface area contributed by atoms with E-state index >= 15 is 0 Å². The van der Waals surface area contributed by atoms with Crippen LogP contribution >= 0.6 is 0 Å². The van der Waals surface area contributed by atoms with E-state index in [0.717, 1.165) is 12.8 Å². The number of nitrogens with zero attached hydrogens (tertiary/aromatic N) is 1. The maximum absolute atomic E-state index is 4.16. The van der Waals surface area contributed by atoms with Crippen molar-refractivity contribution in [1.29, 1.82) is 0 Å². The van der Waals surface area contributed by atoms with E-state index < -0.39 is 0 Å². The maximum Gasteiger partial charge on any atom is 0.0363 e. The van der Waals surface area contributed by atoms with Gasteiger partial charge in [0.2, 0.25) is 0 Å². The molecule has 0 saturated heterocycles. The van der Waals surface area contributed by atoms with Crippen LogP contribution in [0.15, 0.2) is 16.8 Å². The Morgan fingerprint density at radius 3 is 3.12 bits per heavy atom. The highest BCUT2D eigenvalue weighted by atomic mass is 14.7. The summed E-state index contributed by atoms with van der Waals surface area (Å²) in [4.78, 5) is 4.16. The van der Waals surface area contributed by atoms with Gasteiger partial charge in [-0.1, -0.05) is 19.4 Å². The molecular formula is C7H11N. The number of aliphatic imine (C=N–C) groups is 1. The molecule has 8 heavy (non-hydrogen) atoms. The molecule has 0 aromatic rings. The third-order valence-corrected chi connectivity index (χ3v) is 1.22. The van der Waals surface area contributed by atoms with Crippen molar-refractivity contribution < 1.29 is 0 Å². The molecular weight excluding hydrogens is 98.1 g/mol. The smallest absolute Gasteiger partial charge is 0.0363 e. The molecule has 0 unspecified atom stereocenters. The normalized spacial score (nSPS) is 16.9. The Morgan fingerprint density at radius 2 is 2.62 bits per heavy atom. The fraction of sp³-hybridized carbons (Fsp3) is 0.571. The van der Waals surface area contributed by atoms with Gasteiger partial charge in [0.05, 0.1) is 0 Å². The van der Waals surface area contributed by atoms with Gasteiger partial charge >= 0.3 is 0 Å². The van der Waals surface area contributed by atoms with Crippen molar-refractivity contribution in [1.82, 2.24) is 0 Å². The molecule has 44 valence electrons. The topological polar surface area (TPSA) is 12.4 Å². The average molecular weight is 109 g/mol. The number of allylic oxidation sites excluding steroid dienone is 2. The van der Waals surface area contributed by atoms with Crippen LogP contribution in [-0.2, 0) is 0 Å². The minimum Gasteiger partial charge on any atom is -0.266 e. The van der Waals surface area contributed by atoms with Crippen LogP contribution < -0.4 is 0 Å². The number of rotatable bonds is 2. The van der Waals surface area contributed by atoms with E-state index in [-0.39, 0.29) is 0 Å². The number of hydrogen-bond acceptors (Lipinski definition) is 1. The van der Waals surface area contributed by atoms with Crippen LogP contribution in [0.4, 0.5) is 0 Å². The summed E-state index contributed by atoms with van der Waals surface area (Å²) in [5.41, 5.74) is 1.27. The van der Waals surface area contributed by atoms with Gasteiger partial charge in [-0.3, -0.25) is 4.99 Å². The molecule has 1 heterocycles. The highest BCUT2D eigenvalue weighted by molar-refractivity contribution is 5.64. The lowest BCUT2D eigenvalue weighted by molar-refractivity contribution is 0.897. The zero-order valence-electron chi connectivity index (χ0n) is 5.22. The molecule has 1 aliphatic rings. The highest BCUT2D eigenvalue weighted by Gasteiger charge is 1.94. The molecule has 1 aliphatic heterocycles. The summed E-state index contributed by atoms with van der Waals surface area (Å²) in [7, 11) is 0. The lowest BCUT2D eigenvalue weighted by atomic mass is 10.2. The minimum atomic E-state index is 1.05. The molecule has 0 atom stereocenters. The zero-order valence-corrected chi connectivity index (χ0v) is 5.22. The summed E-state index contributed by atoms with van der Waals surface area (Å²) in [5, 5.41) is 0. The van der Waals surface area contributed by atoms with E-state index in [1.54, 1.807) is 0 Å². The number of hydrogen-bond donors (Lipinski definition) is 0. The third-order valence-electron chi connectivity index (χ3n) is 1.22. The van der Waals surface area contributed by atoms with Crippen LogP contribution in [0.1, 0.15) is 26.2 Å². The summed E-state index contributed by atoms with van der Waals surface area (Å²) in [6.45, 7) is 2.18. The molecule has 0 bridgehead atoms. The van der Waals surface area contributed by atoms with Crippen molar-refractivity contribution in [3.05, 3.63) is 11.8 Å². The zero-order chi connectivity index (χ0) is 5.82. The van der Waals surface area contributed by atoms with Crippen molar-refractivity contribution in [2.45, 2.75) is 26.2 Å². The standard InChI is InChI=1S/C7H11N/c1-2-4-7-5-3-6-8-7/h5-6H,2-4H2,1H3. The second-order valence-electron chi connectivity index (χ2n) is 1.99. The lowest BCUT2D eigenvalue weighted by Crippen LogP contribution is -1.70. The van der Waals surface area contributed by atoms with Gasteiger partial charge in [-0.05, 0) is 6.42 Å². The molecule has 0 aliphatic carbocycles. The Kier molecular flexibility index (Phi) is 1.84. The summed E-state index contributed by atoms with van der Waals surface area (Å²) in [6, 6.07) is 0. The van der Waals surface area contributed by atoms with Gasteiger partial charge in [0, 0.05) is 18.3 Å². The van der Waals surface area contributed by atoms with Crippen LogP contribution in [0, 0.1) is 0 Å². The monoisotopic (exact) mass is 109 g/mol. The summed E-state index contributed by atoms with van der Waals surface area (Å²) < 4.78 is 0. The minimum absolute atomic E-state index is 1.05. The SMILES string of the molecule is CCCC1=CCC=N1. The van der Waals surface area contributed by atoms with Crippen molar-refractivity contribution in [3.63, 3.8) is 0 Å². The Bertz CT molecular complexity index is 122. The molecule has 1 rings (SSSR count). The van der Waals surface area contributed by atoms with E-state index in [1.165, 1.54) is 12.1 Å². The predicted octanol–water partition coefficient (Wildman–Crippen LogP) is 2.14. The van der Waals surface area contributed by atoms with Gasteiger partial charge in [-0.15, -0.1) is 0 Å². The molecule has 0 saturated carbocycles. The van der Waals surface area contributed by atoms with Crippen LogP contribution in [0.3, 0.4) is 0 Å².